The van der Waals surface area contributed by atoms with E-state index in [-0.39, 0.29) is 11.8 Å². The largest absolute Gasteiger partial charge is 0.272 e. The molecular formula is C22H19BrN2O2. The Morgan fingerprint density at radius 3 is 1.89 bits per heavy atom. The van der Waals surface area contributed by atoms with Crippen LogP contribution in [0.4, 0.5) is 0 Å². The topological polar surface area (TPSA) is 58.2 Å². The molecule has 5 heteroatoms. The number of hydrogen-bond donors (Lipinski definition) is 2. The van der Waals surface area contributed by atoms with E-state index in [2.05, 4.69) is 26.8 Å². The van der Waals surface area contributed by atoms with Gasteiger partial charge in [-0.2, -0.15) is 0 Å². The molecule has 3 aromatic rings. The molecule has 2 N–H and O–H groups in total. The molecule has 0 aliphatic heterocycles. The van der Waals surface area contributed by atoms with Crippen molar-refractivity contribution in [2.24, 2.45) is 0 Å². The molecule has 0 radical (unpaired) electrons. The normalized spacial score (nSPS) is 10.5. The third-order valence-corrected chi connectivity index (χ3v) is 5.12. The predicted molar refractivity (Wildman–Crippen MR) is 109 cm³/mol. The molecule has 0 atom stereocenters. The first-order chi connectivity index (χ1) is 13.1. The van der Waals surface area contributed by atoms with Gasteiger partial charge in [-0.05, 0) is 35.7 Å². The maximum atomic E-state index is 12.9. The molecule has 0 bridgehead atoms. The number of hydrogen-bond acceptors (Lipinski definition) is 2. The molecule has 0 aromatic heterocycles. The SMILES string of the molecule is Cc1ccc(C(=O)NNC(=O)C(c2ccccc2)c2ccccc2)cc1Br. The van der Waals surface area contributed by atoms with Crippen molar-refractivity contribution in [3.63, 3.8) is 0 Å². The first kappa shape index (κ1) is 18.9. The van der Waals surface area contributed by atoms with Crippen LogP contribution in [-0.4, -0.2) is 11.8 Å². The van der Waals surface area contributed by atoms with Crippen LogP contribution in [0.15, 0.2) is 83.3 Å². The average Bonchev–Trinajstić information content (AvgIpc) is 2.70. The van der Waals surface area contributed by atoms with E-state index in [0.717, 1.165) is 21.2 Å². The summed E-state index contributed by atoms with van der Waals surface area (Å²) in [6.07, 6.45) is 0. The summed E-state index contributed by atoms with van der Waals surface area (Å²) in [4.78, 5) is 25.2. The van der Waals surface area contributed by atoms with Crippen molar-refractivity contribution in [1.82, 2.24) is 10.9 Å². The number of halogens is 1. The molecule has 0 saturated heterocycles. The summed E-state index contributed by atoms with van der Waals surface area (Å²) in [6.45, 7) is 1.94. The fraction of sp³-hybridized carbons (Fsp3) is 0.0909. The molecule has 27 heavy (non-hydrogen) atoms. The van der Waals surface area contributed by atoms with Gasteiger partial charge in [0, 0.05) is 10.0 Å². The summed E-state index contributed by atoms with van der Waals surface area (Å²) < 4.78 is 0.841. The third kappa shape index (κ3) is 4.63. The number of carbonyl (C=O) groups is 2. The maximum absolute atomic E-state index is 12.9. The molecule has 3 rings (SSSR count). The van der Waals surface area contributed by atoms with E-state index in [1.54, 1.807) is 12.1 Å². The Kier molecular flexibility index (Phi) is 6.04. The Hall–Kier alpha value is -2.92. The fourth-order valence-electron chi connectivity index (χ4n) is 2.78. The van der Waals surface area contributed by atoms with Gasteiger partial charge in [-0.3, -0.25) is 20.4 Å². The van der Waals surface area contributed by atoms with Gasteiger partial charge in [0.2, 0.25) is 5.91 Å². The molecule has 0 spiro atoms. The minimum Gasteiger partial charge on any atom is -0.272 e. The Morgan fingerprint density at radius 2 is 1.37 bits per heavy atom. The van der Waals surface area contributed by atoms with Crippen LogP contribution in [-0.2, 0) is 4.79 Å². The Balaban J connectivity index is 1.77. The number of rotatable bonds is 4. The van der Waals surface area contributed by atoms with Crippen LogP contribution in [0.25, 0.3) is 0 Å². The van der Waals surface area contributed by atoms with Crippen molar-refractivity contribution in [3.8, 4) is 0 Å². The van der Waals surface area contributed by atoms with E-state index in [9.17, 15) is 9.59 Å². The van der Waals surface area contributed by atoms with Crippen LogP contribution in [0, 0.1) is 6.92 Å². The molecule has 0 saturated carbocycles. The van der Waals surface area contributed by atoms with Crippen molar-refractivity contribution in [3.05, 3.63) is 106 Å². The standard InChI is InChI=1S/C22H19BrN2O2/c1-15-12-13-18(14-19(15)23)21(26)24-25-22(27)20(16-8-4-2-5-9-16)17-10-6-3-7-11-17/h2-14,20H,1H3,(H,24,26)(H,25,27). The molecule has 0 aliphatic carbocycles. The summed E-state index contributed by atoms with van der Waals surface area (Å²) in [5.41, 5.74) is 8.27. The second-order valence-corrected chi connectivity index (χ2v) is 7.02. The molecule has 0 aliphatic rings. The smallest absolute Gasteiger partial charge is 0.269 e. The number of nitrogens with one attached hydrogen (secondary N) is 2. The van der Waals surface area contributed by atoms with Crippen LogP contribution in [0.2, 0.25) is 0 Å². The highest BCUT2D eigenvalue weighted by atomic mass is 79.9. The van der Waals surface area contributed by atoms with Crippen LogP contribution in [0.1, 0.15) is 33.0 Å². The quantitative estimate of drug-likeness (QED) is 0.613. The van der Waals surface area contributed by atoms with E-state index in [1.165, 1.54) is 0 Å². The van der Waals surface area contributed by atoms with E-state index < -0.39 is 5.92 Å². The van der Waals surface area contributed by atoms with Crippen LogP contribution >= 0.6 is 15.9 Å². The minimum absolute atomic E-state index is 0.299. The summed E-state index contributed by atoms with van der Waals surface area (Å²) >= 11 is 3.41. The van der Waals surface area contributed by atoms with E-state index >= 15 is 0 Å². The highest BCUT2D eigenvalue weighted by Crippen LogP contribution is 2.24. The lowest BCUT2D eigenvalue weighted by atomic mass is 9.91. The van der Waals surface area contributed by atoms with E-state index in [0.29, 0.717) is 5.56 Å². The zero-order chi connectivity index (χ0) is 19.2. The third-order valence-electron chi connectivity index (χ3n) is 4.26. The van der Waals surface area contributed by atoms with Gasteiger partial charge in [-0.25, -0.2) is 0 Å². The lowest BCUT2D eigenvalue weighted by Crippen LogP contribution is -2.44. The zero-order valence-electron chi connectivity index (χ0n) is 14.8. The highest BCUT2D eigenvalue weighted by Gasteiger charge is 2.23. The van der Waals surface area contributed by atoms with Crippen LogP contribution in [0.3, 0.4) is 0 Å². The van der Waals surface area contributed by atoms with Crippen molar-refractivity contribution >= 4 is 27.7 Å². The van der Waals surface area contributed by atoms with Crippen molar-refractivity contribution < 1.29 is 9.59 Å². The Morgan fingerprint density at radius 1 is 0.815 bits per heavy atom. The number of aryl methyl sites for hydroxylation is 1. The Bertz CT molecular complexity index is 904. The number of benzene rings is 3. The highest BCUT2D eigenvalue weighted by molar-refractivity contribution is 9.10. The van der Waals surface area contributed by atoms with E-state index in [4.69, 9.17) is 0 Å². The summed E-state index contributed by atoms with van der Waals surface area (Å²) in [5.74, 6) is -1.19. The van der Waals surface area contributed by atoms with Gasteiger partial charge in [0.25, 0.3) is 5.91 Å². The minimum atomic E-state index is -0.516. The van der Waals surface area contributed by atoms with Crippen molar-refractivity contribution in [1.29, 1.82) is 0 Å². The van der Waals surface area contributed by atoms with Crippen molar-refractivity contribution in [2.75, 3.05) is 0 Å². The van der Waals surface area contributed by atoms with Crippen LogP contribution < -0.4 is 10.9 Å². The molecule has 4 nitrogen and oxygen atoms in total. The number of hydrazine groups is 1. The molecule has 136 valence electrons. The lowest BCUT2D eigenvalue weighted by molar-refractivity contribution is -0.122. The molecule has 0 unspecified atom stereocenters. The van der Waals surface area contributed by atoms with Gasteiger partial charge in [0.1, 0.15) is 0 Å². The molecule has 3 aromatic carbocycles. The maximum Gasteiger partial charge on any atom is 0.269 e. The molecule has 2 amide bonds. The molecule has 0 heterocycles. The van der Waals surface area contributed by atoms with Gasteiger partial charge < -0.3 is 0 Å². The fourth-order valence-corrected chi connectivity index (χ4v) is 3.16. The summed E-state index contributed by atoms with van der Waals surface area (Å²) in [5, 5.41) is 0. The first-order valence-electron chi connectivity index (χ1n) is 8.52. The summed E-state index contributed by atoms with van der Waals surface area (Å²) in [6, 6.07) is 24.2. The lowest BCUT2D eigenvalue weighted by Gasteiger charge is -2.18. The second kappa shape index (κ2) is 8.64. The predicted octanol–water partition coefficient (Wildman–Crippen LogP) is 4.35. The average molecular weight is 423 g/mol. The first-order valence-corrected chi connectivity index (χ1v) is 9.32. The van der Waals surface area contributed by atoms with Crippen LogP contribution in [0.5, 0.6) is 0 Å². The molecular weight excluding hydrogens is 404 g/mol. The van der Waals surface area contributed by atoms with E-state index in [1.807, 2.05) is 73.7 Å². The zero-order valence-corrected chi connectivity index (χ0v) is 16.4. The van der Waals surface area contributed by atoms with Crippen molar-refractivity contribution in [2.45, 2.75) is 12.8 Å². The van der Waals surface area contributed by atoms with Gasteiger partial charge in [0.15, 0.2) is 0 Å². The number of carbonyl (C=O) groups excluding carboxylic acids is 2. The van der Waals surface area contributed by atoms with Gasteiger partial charge >= 0.3 is 0 Å². The van der Waals surface area contributed by atoms with Gasteiger partial charge in [0.05, 0.1) is 5.92 Å². The number of amides is 2. The summed E-state index contributed by atoms with van der Waals surface area (Å²) in [7, 11) is 0. The van der Waals surface area contributed by atoms with Gasteiger partial charge in [-0.15, -0.1) is 0 Å². The monoisotopic (exact) mass is 422 g/mol. The molecule has 0 fully saturated rings. The second-order valence-electron chi connectivity index (χ2n) is 6.16. The van der Waals surface area contributed by atoms with Gasteiger partial charge in [-0.1, -0.05) is 82.7 Å². The Labute approximate surface area is 166 Å².